The number of nitrogens with one attached hydrogen (secondary N) is 1. The molecule has 2 aromatic carbocycles. The van der Waals surface area contributed by atoms with E-state index >= 15 is 0 Å². The van der Waals surface area contributed by atoms with Gasteiger partial charge < -0.3 is 5.32 Å². The normalized spacial score (nSPS) is 18.0. The van der Waals surface area contributed by atoms with E-state index in [9.17, 15) is 13.2 Å². The van der Waals surface area contributed by atoms with Crippen LogP contribution >= 0.6 is 0 Å². The number of para-hydroxylation sites is 1. The number of aryl methyl sites for hydroxylation is 3. The Hall–Kier alpha value is -2.18. The van der Waals surface area contributed by atoms with Gasteiger partial charge in [-0.05, 0) is 56.9 Å². The lowest BCUT2D eigenvalue weighted by atomic mass is 10.1. The highest BCUT2D eigenvalue weighted by Gasteiger charge is 2.40. The summed E-state index contributed by atoms with van der Waals surface area (Å²) in [6.07, 6.45) is 1.21. The highest BCUT2D eigenvalue weighted by atomic mass is 32.2. The number of benzene rings is 2. The van der Waals surface area contributed by atoms with Gasteiger partial charge in [0.25, 0.3) is 0 Å². The van der Waals surface area contributed by atoms with Crippen LogP contribution < -0.4 is 5.32 Å². The van der Waals surface area contributed by atoms with Gasteiger partial charge in [-0.2, -0.15) is 4.31 Å². The van der Waals surface area contributed by atoms with Gasteiger partial charge in [0, 0.05) is 12.2 Å². The van der Waals surface area contributed by atoms with Crippen LogP contribution in [0.1, 0.15) is 29.5 Å². The molecule has 1 amide bonds. The maximum Gasteiger partial charge on any atom is 0.244 e. The number of hydrogen-bond donors (Lipinski definition) is 1. The minimum Gasteiger partial charge on any atom is -0.325 e. The van der Waals surface area contributed by atoms with Crippen molar-refractivity contribution in [3.8, 4) is 0 Å². The van der Waals surface area contributed by atoms with Crippen LogP contribution in [0, 0.1) is 20.8 Å². The molecule has 3 rings (SSSR count). The van der Waals surface area contributed by atoms with Crippen LogP contribution in [-0.2, 0) is 14.8 Å². The summed E-state index contributed by atoms with van der Waals surface area (Å²) in [6.45, 7) is 5.92. The fraction of sp³-hybridized carbons (Fsp3) is 0.350. The van der Waals surface area contributed by atoms with Gasteiger partial charge in [-0.15, -0.1) is 0 Å². The summed E-state index contributed by atoms with van der Waals surface area (Å²) < 4.78 is 28.0. The quantitative estimate of drug-likeness (QED) is 0.894. The van der Waals surface area contributed by atoms with Crippen LogP contribution in [0.25, 0.3) is 0 Å². The van der Waals surface area contributed by atoms with Crippen molar-refractivity contribution in [2.45, 2.75) is 44.6 Å². The zero-order valence-electron chi connectivity index (χ0n) is 15.3. The van der Waals surface area contributed by atoms with Crippen molar-refractivity contribution in [1.29, 1.82) is 0 Å². The van der Waals surface area contributed by atoms with Crippen molar-refractivity contribution < 1.29 is 13.2 Å². The van der Waals surface area contributed by atoms with Gasteiger partial charge in [-0.3, -0.25) is 4.79 Å². The lowest BCUT2D eigenvalue weighted by Gasteiger charge is -2.25. The monoisotopic (exact) mass is 372 g/mol. The van der Waals surface area contributed by atoms with E-state index in [-0.39, 0.29) is 5.91 Å². The van der Waals surface area contributed by atoms with Crippen molar-refractivity contribution in [2.24, 2.45) is 0 Å². The summed E-state index contributed by atoms with van der Waals surface area (Å²) in [5, 5.41) is 2.83. The molecule has 1 saturated heterocycles. The first-order valence-corrected chi connectivity index (χ1v) is 10.2. The predicted molar refractivity (Wildman–Crippen MR) is 103 cm³/mol. The van der Waals surface area contributed by atoms with E-state index in [1.165, 1.54) is 4.31 Å². The molecule has 1 aliphatic rings. The van der Waals surface area contributed by atoms with E-state index in [0.29, 0.717) is 30.0 Å². The Labute approximate surface area is 155 Å². The molecule has 6 heteroatoms. The zero-order chi connectivity index (χ0) is 18.9. The number of carbonyl (C=O) groups excluding carboxylic acids is 1. The Morgan fingerprint density at radius 1 is 1.08 bits per heavy atom. The molecule has 1 atom stereocenters. The Balaban J connectivity index is 1.91. The molecule has 5 nitrogen and oxygen atoms in total. The molecular formula is C20H24N2O3S. The molecule has 26 heavy (non-hydrogen) atoms. The van der Waals surface area contributed by atoms with E-state index in [0.717, 1.165) is 16.7 Å². The van der Waals surface area contributed by atoms with E-state index in [1.54, 1.807) is 12.1 Å². The third kappa shape index (κ3) is 3.52. The lowest BCUT2D eigenvalue weighted by molar-refractivity contribution is -0.119. The van der Waals surface area contributed by atoms with Gasteiger partial charge in [0.15, 0.2) is 0 Å². The summed E-state index contributed by atoms with van der Waals surface area (Å²) in [7, 11) is -3.73. The summed E-state index contributed by atoms with van der Waals surface area (Å²) >= 11 is 0. The summed E-state index contributed by atoms with van der Waals surface area (Å²) in [5.41, 5.74) is 3.14. The highest BCUT2D eigenvalue weighted by Crippen LogP contribution is 2.31. The van der Waals surface area contributed by atoms with E-state index in [4.69, 9.17) is 0 Å². The van der Waals surface area contributed by atoms with Gasteiger partial charge in [-0.1, -0.05) is 35.9 Å². The van der Waals surface area contributed by atoms with Crippen LogP contribution in [0.5, 0.6) is 0 Å². The molecular weight excluding hydrogens is 348 g/mol. The molecule has 1 fully saturated rings. The van der Waals surface area contributed by atoms with Crippen LogP contribution in [-0.4, -0.2) is 31.2 Å². The summed E-state index contributed by atoms with van der Waals surface area (Å²) in [6, 6.07) is 12.2. The van der Waals surface area contributed by atoms with Gasteiger partial charge in [-0.25, -0.2) is 8.42 Å². The number of carbonyl (C=O) groups is 1. The molecule has 138 valence electrons. The van der Waals surface area contributed by atoms with Gasteiger partial charge >= 0.3 is 0 Å². The SMILES string of the molecule is Cc1cc(C)c(S(=O)(=O)N2CCC[C@H]2C(=O)Nc2ccccc2)c(C)c1. The minimum absolute atomic E-state index is 0.278. The van der Waals surface area contributed by atoms with Crippen molar-refractivity contribution in [1.82, 2.24) is 4.31 Å². The number of nitrogens with zero attached hydrogens (tertiary/aromatic N) is 1. The molecule has 0 spiro atoms. The van der Waals surface area contributed by atoms with Gasteiger partial charge in [0.1, 0.15) is 6.04 Å². The number of sulfonamides is 1. The summed E-state index contributed by atoms with van der Waals surface area (Å²) in [4.78, 5) is 13.0. The lowest BCUT2D eigenvalue weighted by Crippen LogP contribution is -2.43. The first-order chi connectivity index (χ1) is 12.3. The largest absolute Gasteiger partial charge is 0.325 e. The molecule has 0 unspecified atom stereocenters. The second-order valence-electron chi connectivity index (χ2n) is 6.86. The third-order valence-corrected chi connectivity index (χ3v) is 6.93. The Morgan fingerprint density at radius 3 is 2.31 bits per heavy atom. The minimum atomic E-state index is -3.73. The van der Waals surface area contributed by atoms with Crippen LogP contribution in [0.15, 0.2) is 47.4 Å². The van der Waals surface area contributed by atoms with Gasteiger partial charge in [0.2, 0.25) is 15.9 Å². The number of amides is 1. The van der Waals surface area contributed by atoms with E-state index < -0.39 is 16.1 Å². The molecule has 0 bridgehead atoms. The fourth-order valence-electron chi connectivity index (χ4n) is 3.73. The number of anilines is 1. The van der Waals surface area contributed by atoms with Crippen molar-refractivity contribution in [3.05, 3.63) is 59.2 Å². The first kappa shape index (κ1) is 18.6. The predicted octanol–water partition coefficient (Wildman–Crippen LogP) is 3.40. The van der Waals surface area contributed by atoms with E-state index in [2.05, 4.69) is 5.32 Å². The van der Waals surface area contributed by atoms with E-state index in [1.807, 2.05) is 51.1 Å². The molecule has 0 aromatic heterocycles. The molecule has 1 aliphatic heterocycles. The van der Waals surface area contributed by atoms with Crippen LogP contribution in [0.3, 0.4) is 0 Å². The fourth-order valence-corrected chi connectivity index (χ4v) is 5.80. The first-order valence-electron chi connectivity index (χ1n) is 8.76. The molecule has 0 aliphatic carbocycles. The van der Waals surface area contributed by atoms with Crippen molar-refractivity contribution in [2.75, 3.05) is 11.9 Å². The topological polar surface area (TPSA) is 66.5 Å². The van der Waals surface area contributed by atoms with Crippen molar-refractivity contribution >= 4 is 21.6 Å². The second-order valence-corrected chi connectivity index (χ2v) is 8.68. The average molecular weight is 372 g/mol. The average Bonchev–Trinajstić information content (AvgIpc) is 3.05. The van der Waals surface area contributed by atoms with Crippen molar-refractivity contribution in [3.63, 3.8) is 0 Å². The Bertz CT molecular complexity index is 900. The second kappa shape index (κ2) is 7.21. The highest BCUT2D eigenvalue weighted by molar-refractivity contribution is 7.89. The molecule has 0 saturated carbocycles. The molecule has 2 aromatic rings. The third-order valence-electron chi connectivity index (χ3n) is 4.72. The van der Waals surface area contributed by atoms with Crippen LogP contribution in [0.4, 0.5) is 5.69 Å². The number of hydrogen-bond acceptors (Lipinski definition) is 3. The number of rotatable bonds is 4. The molecule has 1 heterocycles. The maximum absolute atomic E-state index is 13.3. The zero-order valence-corrected chi connectivity index (χ0v) is 16.1. The standard InChI is InChI=1S/C20H24N2O3S/c1-14-12-15(2)19(16(3)13-14)26(24,25)22-11-7-10-18(22)20(23)21-17-8-5-4-6-9-17/h4-6,8-9,12-13,18H,7,10-11H2,1-3H3,(H,21,23)/t18-/m0/s1. The Morgan fingerprint density at radius 2 is 1.69 bits per heavy atom. The molecule has 1 N–H and O–H groups in total. The molecule has 0 radical (unpaired) electrons. The smallest absolute Gasteiger partial charge is 0.244 e. The Kier molecular flexibility index (Phi) is 5.16. The maximum atomic E-state index is 13.3. The van der Waals surface area contributed by atoms with Gasteiger partial charge in [0.05, 0.1) is 4.90 Å². The van der Waals surface area contributed by atoms with Crippen LogP contribution in [0.2, 0.25) is 0 Å². The summed E-state index contributed by atoms with van der Waals surface area (Å²) in [5.74, 6) is -0.278.